The Morgan fingerprint density at radius 3 is 2.71 bits per heavy atom. The molecule has 1 aromatic rings. The van der Waals surface area contributed by atoms with Crippen LogP contribution in [-0.4, -0.2) is 18.3 Å². The van der Waals surface area contributed by atoms with Crippen LogP contribution in [0, 0.1) is 11.3 Å². The molecule has 0 aliphatic heterocycles. The fourth-order valence-corrected chi connectivity index (χ4v) is 1.22. The first-order valence-electron chi connectivity index (χ1n) is 4.84. The number of esters is 1. The molecule has 0 aliphatic rings. The van der Waals surface area contributed by atoms with Crippen LogP contribution in [0.5, 0.6) is 0 Å². The maximum absolute atomic E-state index is 11.2. The quantitative estimate of drug-likeness (QED) is 0.525. The van der Waals surface area contributed by atoms with Gasteiger partial charge in [0.15, 0.2) is 0 Å². The van der Waals surface area contributed by atoms with Crippen LogP contribution in [0.4, 0.5) is 5.69 Å². The molecular formula is C11H10BrN3O2. The molecule has 0 aliphatic carbocycles. The first kappa shape index (κ1) is 13.2. The van der Waals surface area contributed by atoms with Crippen molar-refractivity contribution in [1.82, 2.24) is 0 Å². The highest BCUT2D eigenvalue weighted by Crippen LogP contribution is 2.13. The van der Waals surface area contributed by atoms with Crippen LogP contribution in [0.15, 0.2) is 33.8 Å². The summed E-state index contributed by atoms with van der Waals surface area (Å²) < 4.78 is 5.59. The second-order valence-electron chi connectivity index (χ2n) is 2.91. The molecule has 0 aromatic heterocycles. The summed E-state index contributed by atoms with van der Waals surface area (Å²) in [5.74, 6) is -0.736. The van der Waals surface area contributed by atoms with E-state index in [9.17, 15) is 4.79 Å². The number of carbonyl (C=O) groups excluding carboxylic acids is 1. The Labute approximate surface area is 107 Å². The zero-order chi connectivity index (χ0) is 12.7. The Kier molecular flexibility index (Phi) is 5.17. The lowest BCUT2D eigenvalue weighted by Gasteiger charge is -2.01. The number of anilines is 1. The van der Waals surface area contributed by atoms with Crippen molar-refractivity contribution in [2.24, 2.45) is 5.10 Å². The largest absolute Gasteiger partial charge is 0.461 e. The minimum Gasteiger partial charge on any atom is -0.461 e. The van der Waals surface area contributed by atoms with E-state index in [-0.39, 0.29) is 12.3 Å². The number of nitrogens with zero attached hydrogens (tertiary/aromatic N) is 2. The van der Waals surface area contributed by atoms with Crippen molar-refractivity contribution in [3.05, 3.63) is 28.7 Å². The van der Waals surface area contributed by atoms with Gasteiger partial charge in [0, 0.05) is 4.47 Å². The molecule has 0 bridgehead atoms. The summed E-state index contributed by atoms with van der Waals surface area (Å²) in [5.41, 5.74) is 2.97. The monoisotopic (exact) mass is 295 g/mol. The van der Waals surface area contributed by atoms with Crippen molar-refractivity contribution in [3.8, 4) is 6.07 Å². The van der Waals surface area contributed by atoms with E-state index in [1.165, 1.54) is 0 Å². The summed E-state index contributed by atoms with van der Waals surface area (Å²) in [6.45, 7) is 1.87. The normalized spacial score (nSPS) is 10.5. The van der Waals surface area contributed by atoms with Crippen LogP contribution >= 0.6 is 15.9 Å². The van der Waals surface area contributed by atoms with E-state index in [4.69, 9.17) is 5.26 Å². The number of ether oxygens (including phenoxy) is 1. The summed E-state index contributed by atoms with van der Waals surface area (Å²) in [5, 5.41) is 12.4. The van der Waals surface area contributed by atoms with E-state index >= 15 is 0 Å². The summed E-state index contributed by atoms with van der Waals surface area (Å²) >= 11 is 3.29. The Hall–Kier alpha value is -1.87. The molecule has 17 heavy (non-hydrogen) atoms. The molecule has 1 aromatic carbocycles. The summed E-state index contributed by atoms with van der Waals surface area (Å²) in [7, 11) is 0. The maximum Gasteiger partial charge on any atom is 0.369 e. The highest BCUT2D eigenvalue weighted by Gasteiger charge is 2.11. The smallest absolute Gasteiger partial charge is 0.369 e. The SMILES string of the molecule is CCOC(=O)/C(C#N)=N/Nc1ccc(Br)cc1. The number of hydrazone groups is 1. The zero-order valence-corrected chi connectivity index (χ0v) is 10.7. The van der Waals surface area contributed by atoms with Gasteiger partial charge in [-0.15, -0.1) is 0 Å². The van der Waals surface area contributed by atoms with Gasteiger partial charge in [0.25, 0.3) is 0 Å². The van der Waals surface area contributed by atoms with Crippen molar-refractivity contribution < 1.29 is 9.53 Å². The minimum absolute atomic E-state index is 0.206. The van der Waals surface area contributed by atoms with Gasteiger partial charge in [0.1, 0.15) is 6.07 Å². The van der Waals surface area contributed by atoms with Crippen LogP contribution < -0.4 is 5.43 Å². The lowest BCUT2D eigenvalue weighted by Crippen LogP contribution is -2.17. The number of nitrogens with one attached hydrogen (secondary N) is 1. The predicted octanol–water partition coefficient (Wildman–Crippen LogP) is 2.30. The van der Waals surface area contributed by atoms with Crippen molar-refractivity contribution in [3.63, 3.8) is 0 Å². The Morgan fingerprint density at radius 2 is 2.18 bits per heavy atom. The maximum atomic E-state index is 11.2. The van der Waals surface area contributed by atoms with E-state index in [1.54, 1.807) is 25.1 Å². The van der Waals surface area contributed by atoms with E-state index in [2.05, 4.69) is 31.2 Å². The molecule has 0 amide bonds. The van der Waals surface area contributed by atoms with Crippen LogP contribution in [0.3, 0.4) is 0 Å². The van der Waals surface area contributed by atoms with Crippen molar-refractivity contribution in [1.29, 1.82) is 5.26 Å². The lowest BCUT2D eigenvalue weighted by molar-refractivity contribution is -0.134. The number of halogens is 1. The highest BCUT2D eigenvalue weighted by molar-refractivity contribution is 9.10. The van der Waals surface area contributed by atoms with Gasteiger partial charge in [-0.3, -0.25) is 5.43 Å². The molecule has 0 saturated carbocycles. The molecule has 0 fully saturated rings. The average Bonchev–Trinajstić information content (AvgIpc) is 2.32. The molecule has 1 rings (SSSR count). The summed E-state index contributed by atoms with van der Waals surface area (Å²) in [6, 6.07) is 8.81. The summed E-state index contributed by atoms with van der Waals surface area (Å²) in [6.07, 6.45) is 0. The first-order valence-corrected chi connectivity index (χ1v) is 5.63. The molecule has 6 heteroatoms. The Balaban J connectivity index is 2.71. The van der Waals surface area contributed by atoms with Crippen molar-refractivity contribution >= 4 is 33.3 Å². The van der Waals surface area contributed by atoms with E-state index in [0.29, 0.717) is 5.69 Å². The van der Waals surface area contributed by atoms with Gasteiger partial charge in [-0.05, 0) is 31.2 Å². The number of benzene rings is 1. The van der Waals surface area contributed by atoms with Gasteiger partial charge in [-0.25, -0.2) is 4.79 Å². The van der Waals surface area contributed by atoms with Crippen LogP contribution in [-0.2, 0) is 9.53 Å². The van der Waals surface area contributed by atoms with Gasteiger partial charge in [0.2, 0.25) is 5.71 Å². The fourth-order valence-electron chi connectivity index (χ4n) is 0.961. The third-order valence-electron chi connectivity index (χ3n) is 1.72. The number of carbonyl (C=O) groups is 1. The fraction of sp³-hybridized carbons (Fsp3) is 0.182. The van der Waals surface area contributed by atoms with Crippen LogP contribution in [0.25, 0.3) is 0 Å². The third kappa shape index (κ3) is 4.25. The predicted molar refractivity (Wildman–Crippen MR) is 67.4 cm³/mol. The molecule has 1 N–H and O–H groups in total. The average molecular weight is 296 g/mol. The zero-order valence-electron chi connectivity index (χ0n) is 9.11. The van der Waals surface area contributed by atoms with Crippen LogP contribution in [0.1, 0.15) is 6.92 Å². The van der Waals surface area contributed by atoms with Gasteiger partial charge in [-0.1, -0.05) is 15.9 Å². The molecule has 0 unspecified atom stereocenters. The second-order valence-corrected chi connectivity index (χ2v) is 3.83. The van der Waals surface area contributed by atoms with Gasteiger partial charge >= 0.3 is 5.97 Å². The Morgan fingerprint density at radius 1 is 1.53 bits per heavy atom. The lowest BCUT2D eigenvalue weighted by atomic mass is 10.3. The topological polar surface area (TPSA) is 74.5 Å². The second kappa shape index (κ2) is 6.66. The number of hydrogen-bond donors (Lipinski definition) is 1. The van der Waals surface area contributed by atoms with Crippen molar-refractivity contribution in [2.45, 2.75) is 6.92 Å². The molecule has 0 spiro atoms. The number of hydrogen-bond acceptors (Lipinski definition) is 5. The first-order chi connectivity index (χ1) is 8.17. The molecule has 0 saturated heterocycles. The van der Waals surface area contributed by atoms with E-state index < -0.39 is 5.97 Å². The number of nitriles is 1. The minimum atomic E-state index is -0.736. The molecule has 88 valence electrons. The molecule has 0 atom stereocenters. The molecule has 0 heterocycles. The van der Waals surface area contributed by atoms with E-state index in [0.717, 1.165) is 4.47 Å². The van der Waals surface area contributed by atoms with Gasteiger partial charge in [-0.2, -0.15) is 10.4 Å². The standard InChI is InChI=1S/C11H10BrN3O2/c1-2-17-11(16)10(7-13)15-14-9-5-3-8(12)4-6-9/h3-6,14H,2H2,1H3/b15-10+. The Bertz CT molecular complexity index is 463. The number of rotatable bonds is 4. The molecular weight excluding hydrogens is 286 g/mol. The molecule has 5 nitrogen and oxygen atoms in total. The molecule has 0 radical (unpaired) electrons. The van der Waals surface area contributed by atoms with Crippen molar-refractivity contribution in [2.75, 3.05) is 12.0 Å². The third-order valence-corrected chi connectivity index (χ3v) is 2.24. The van der Waals surface area contributed by atoms with Gasteiger partial charge < -0.3 is 4.74 Å². The van der Waals surface area contributed by atoms with Crippen LogP contribution in [0.2, 0.25) is 0 Å². The highest BCUT2D eigenvalue weighted by atomic mass is 79.9. The van der Waals surface area contributed by atoms with Gasteiger partial charge in [0.05, 0.1) is 12.3 Å². The van der Waals surface area contributed by atoms with E-state index in [1.807, 2.05) is 12.1 Å². The summed E-state index contributed by atoms with van der Waals surface area (Å²) in [4.78, 5) is 11.2.